The molecule has 3 rings (SSSR count). The van der Waals surface area contributed by atoms with Gasteiger partial charge in [-0.2, -0.15) is 5.10 Å². The minimum Gasteiger partial charge on any atom is -0.322 e. The fourth-order valence-corrected chi connectivity index (χ4v) is 2.78. The lowest BCUT2D eigenvalue weighted by Crippen LogP contribution is -2.04. The van der Waals surface area contributed by atoms with Gasteiger partial charge in [-0.1, -0.05) is 11.6 Å². The van der Waals surface area contributed by atoms with Gasteiger partial charge in [0.05, 0.1) is 34.2 Å². The van der Waals surface area contributed by atoms with Gasteiger partial charge in [-0.3, -0.25) is 4.68 Å². The van der Waals surface area contributed by atoms with Crippen molar-refractivity contribution in [3.05, 3.63) is 46.3 Å². The van der Waals surface area contributed by atoms with E-state index < -0.39 is 5.82 Å². The summed E-state index contributed by atoms with van der Waals surface area (Å²) in [4.78, 5) is 4.37. The van der Waals surface area contributed by atoms with Crippen molar-refractivity contribution < 1.29 is 4.39 Å². The van der Waals surface area contributed by atoms with Gasteiger partial charge in [0.1, 0.15) is 11.6 Å². The van der Waals surface area contributed by atoms with Crippen molar-refractivity contribution in [1.29, 1.82) is 0 Å². The molecule has 7 heteroatoms. The summed E-state index contributed by atoms with van der Waals surface area (Å²) in [7, 11) is 1.87. The fourth-order valence-electron chi connectivity index (χ4n) is 2.42. The third kappa shape index (κ3) is 2.51. The van der Waals surface area contributed by atoms with Crippen molar-refractivity contribution in [2.75, 3.05) is 0 Å². The molecule has 21 heavy (non-hydrogen) atoms. The summed E-state index contributed by atoms with van der Waals surface area (Å²) in [6, 6.07) is 2.92. The predicted molar refractivity (Wildman–Crippen MR) is 81.3 cm³/mol. The molecule has 0 atom stereocenters. The SMILES string of the molecule is Cc1nn(C)cc1Cn1c(CCl)nc2cc(F)c(Cl)cc21. The standard InChI is InChI=1S/C14H13Cl2FN4/c1-8-9(6-20(2)19-8)7-21-13-3-10(16)11(17)4-12(13)18-14(21)5-15/h3-4,6H,5,7H2,1-2H3. The van der Waals surface area contributed by atoms with Crippen molar-refractivity contribution in [3.63, 3.8) is 0 Å². The van der Waals surface area contributed by atoms with Crippen LogP contribution >= 0.6 is 23.2 Å². The van der Waals surface area contributed by atoms with Crippen molar-refractivity contribution in [2.45, 2.75) is 19.3 Å². The van der Waals surface area contributed by atoms with Crippen LogP contribution in [0.4, 0.5) is 4.39 Å². The van der Waals surface area contributed by atoms with E-state index in [4.69, 9.17) is 23.2 Å². The van der Waals surface area contributed by atoms with E-state index in [2.05, 4.69) is 10.1 Å². The van der Waals surface area contributed by atoms with Gasteiger partial charge in [0.25, 0.3) is 0 Å². The predicted octanol–water partition coefficient (Wildman–Crippen LogP) is 3.66. The average Bonchev–Trinajstić information content (AvgIpc) is 2.92. The molecular formula is C14H13Cl2FN4. The van der Waals surface area contributed by atoms with Crippen LogP contribution in [0.15, 0.2) is 18.3 Å². The minimum absolute atomic E-state index is 0.0766. The van der Waals surface area contributed by atoms with Crippen molar-refractivity contribution in [2.24, 2.45) is 7.05 Å². The molecule has 2 aromatic heterocycles. The summed E-state index contributed by atoms with van der Waals surface area (Å²) in [5.41, 5.74) is 3.31. The minimum atomic E-state index is -0.479. The number of hydrogen-bond donors (Lipinski definition) is 0. The maximum absolute atomic E-state index is 13.6. The molecule has 0 aliphatic carbocycles. The first-order valence-electron chi connectivity index (χ1n) is 6.39. The molecule has 0 unspecified atom stereocenters. The number of aryl methyl sites for hydroxylation is 2. The molecule has 0 spiro atoms. The molecule has 0 N–H and O–H groups in total. The summed E-state index contributed by atoms with van der Waals surface area (Å²) < 4.78 is 17.3. The number of rotatable bonds is 3. The van der Waals surface area contributed by atoms with Gasteiger partial charge < -0.3 is 4.57 Å². The van der Waals surface area contributed by atoms with E-state index in [9.17, 15) is 4.39 Å². The topological polar surface area (TPSA) is 35.6 Å². The van der Waals surface area contributed by atoms with Gasteiger partial charge in [-0.25, -0.2) is 9.37 Å². The molecule has 0 aliphatic rings. The first kappa shape index (κ1) is 14.4. The number of halogens is 3. The lowest BCUT2D eigenvalue weighted by Gasteiger charge is -2.07. The molecular weight excluding hydrogens is 314 g/mol. The van der Waals surface area contributed by atoms with Crippen LogP contribution in [0, 0.1) is 12.7 Å². The van der Waals surface area contributed by atoms with E-state index >= 15 is 0 Å². The van der Waals surface area contributed by atoms with Gasteiger partial charge in [0.2, 0.25) is 0 Å². The molecule has 0 fully saturated rings. The molecule has 4 nitrogen and oxygen atoms in total. The Bertz CT molecular complexity index is 822. The molecule has 0 saturated heterocycles. The zero-order valence-electron chi connectivity index (χ0n) is 11.6. The average molecular weight is 327 g/mol. The molecule has 0 amide bonds. The molecule has 0 radical (unpaired) electrons. The Balaban J connectivity index is 2.16. The highest BCUT2D eigenvalue weighted by Crippen LogP contribution is 2.25. The number of alkyl halides is 1. The first-order chi connectivity index (χ1) is 9.99. The second-order valence-electron chi connectivity index (χ2n) is 4.92. The van der Waals surface area contributed by atoms with Crippen LogP contribution in [0.1, 0.15) is 17.1 Å². The van der Waals surface area contributed by atoms with E-state index in [1.165, 1.54) is 6.07 Å². The van der Waals surface area contributed by atoms with E-state index in [0.29, 0.717) is 17.9 Å². The zero-order chi connectivity index (χ0) is 15.1. The molecule has 3 aromatic rings. The number of aromatic nitrogens is 4. The maximum atomic E-state index is 13.6. The van der Waals surface area contributed by atoms with Crippen LogP contribution in [0.25, 0.3) is 11.0 Å². The Labute approximate surface area is 131 Å². The third-order valence-corrected chi connectivity index (χ3v) is 3.96. The number of benzene rings is 1. The highest BCUT2D eigenvalue weighted by atomic mass is 35.5. The molecule has 110 valence electrons. The monoisotopic (exact) mass is 326 g/mol. The van der Waals surface area contributed by atoms with Gasteiger partial charge in [0.15, 0.2) is 0 Å². The van der Waals surface area contributed by atoms with Crippen LogP contribution in [0.2, 0.25) is 5.02 Å². The van der Waals surface area contributed by atoms with E-state index in [1.807, 2.05) is 24.7 Å². The summed E-state index contributed by atoms with van der Waals surface area (Å²) in [6.07, 6.45) is 1.95. The quantitative estimate of drug-likeness (QED) is 0.688. The fraction of sp³-hybridized carbons (Fsp3) is 0.286. The number of nitrogens with zero attached hydrogens (tertiary/aromatic N) is 4. The second kappa shape index (κ2) is 5.31. The molecule has 2 heterocycles. The normalized spacial score (nSPS) is 11.5. The summed E-state index contributed by atoms with van der Waals surface area (Å²) >= 11 is 11.8. The van der Waals surface area contributed by atoms with Crippen LogP contribution in [-0.2, 0) is 19.5 Å². The molecule has 1 aromatic carbocycles. The van der Waals surface area contributed by atoms with Gasteiger partial charge in [-0.05, 0) is 13.0 Å². The van der Waals surface area contributed by atoms with Crippen molar-refractivity contribution in [3.8, 4) is 0 Å². The Hall–Kier alpha value is -1.59. The van der Waals surface area contributed by atoms with E-state index in [0.717, 1.165) is 16.8 Å². The van der Waals surface area contributed by atoms with Crippen LogP contribution < -0.4 is 0 Å². The largest absolute Gasteiger partial charge is 0.322 e. The Kier molecular flexibility index (Phi) is 3.63. The number of fused-ring (bicyclic) bond motifs is 1. The van der Waals surface area contributed by atoms with Crippen LogP contribution in [0.3, 0.4) is 0 Å². The Morgan fingerprint density at radius 2 is 2.10 bits per heavy atom. The van der Waals surface area contributed by atoms with Gasteiger partial charge >= 0.3 is 0 Å². The molecule has 0 bridgehead atoms. The van der Waals surface area contributed by atoms with Crippen LogP contribution in [-0.4, -0.2) is 19.3 Å². The number of imidazole rings is 1. The second-order valence-corrected chi connectivity index (χ2v) is 5.59. The summed E-state index contributed by atoms with van der Waals surface area (Å²) in [6.45, 7) is 2.52. The lowest BCUT2D eigenvalue weighted by atomic mass is 10.2. The molecule has 0 saturated carbocycles. The van der Waals surface area contributed by atoms with Crippen LogP contribution in [0.5, 0.6) is 0 Å². The zero-order valence-corrected chi connectivity index (χ0v) is 13.1. The van der Waals surface area contributed by atoms with Crippen molar-refractivity contribution >= 4 is 34.2 Å². The Morgan fingerprint density at radius 1 is 1.33 bits per heavy atom. The summed E-state index contributed by atoms with van der Waals surface area (Å²) in [5.74, 6) is 0.442. The van der Waals surface area contributed by atoms with E-state index in [-0.39, 0.29) is 10.9 Å². The maximum Gasteiger partial charge on any atom is 0.144 e. The first-order valence-corrected chi connectivity index (χ1v) is 7.30. The third-order valence-electron chi connectivity index (χ3n) is 3.43. The van der Waals surface area contributed by atoms with Gasteiger partial charge in [-0.15, -0.1) is 11.6 Å². The van der Waals surface area contributed by atoms with E-state index in [1.54, 1.807) is 10.7 Å². The highest BCUT2D eigenvalue weighted by Gasteiger charge is 2.15. The van der Waals surface area contributed by atoms with Gasteiger partial charge in [0, 0.05) is 24.9 Å². The Morgan fingerprint density at radius 3 is 2.71 bits per heavy atom. The highest BCUT2D eigenvalue weighted by molar-refractivity contribution is 6.31. The molecule has 0 aliphatic heterocycles. The lowest BCUT2D eigenvalue weighted by molar-refractivity contribution is 0.629. The van der Waals surface area contributed by atoms with Crippen molar-refractivity contribution in [1.82, 2.24) is 19.3 Å². The smallest absolute Gasteiger partial charge is 0.144 e. The summed E-state index contributed by atoms with van der Waals surface area (Å²) in [5, 5.41) is 4.40. The number of hydrogen-bond acceptors (Lipinski definition) is 2.